The fourth-order valence-corrected chi connectivity index (χ4v) is 8.04. The maximum absolute atomic E-state index is 14.4. The molecule has 5 atom stereocenters. The number of nitrogens with one attached hydrogen (secondary N) is 2. The molecule has 1 saturated heterocycles. The number of hydrogen-bond donors (Lipinski definition) is 2. The van der Waals surface area contributed by atoms with Crippen molar-refractivity contribution in [3.05, 3.63) is 64.5 Å². The molecule has 0 spiro atoms. The second-order valence-electron chi connectivity index (χ2n) is 14.0. The van der Waals surface area contributed by atoms with Gasteiger partial charge in [0.25, 0.3) is 5.56 Å². The molecular weight excluding hydrogens is 543 g/mol. The van der Waals surface area contributed by atoms with E-state index in [9.17, 15) is 9.18 Å². The van der Waals surface area contributed by atoms with Crippen LogP contribution in [0, 0.1) is 22.6 Å². The van der Waals surface area contributed by atoms with Gasteiger partial charge in [0.1, 0.15) is 11.6 Å². The Morgan fingerprint density at radius 1 is 1.16 bits per heavy atom. The van der Waals surface area contributed by atoms with Crippen LogP contribution in [0.1, 0.15) is 59.4 Å². The summed E-state index contributed by atoms with van der Waals surface area (Å²) in [5.41, 5.74) is 2.24. The van der Waals surface area contributed by atoms with Crippen LogP contribution in [0.25, 0.3) is 10.9 Å². The molecule has 0 radical (unpaired) electrons. The molecule has 3 aromatic rings. The first-order valence-corrected chi connectivity index (χ1v) is 15.6. The third kappa shape index (κ3) is 5.64. The van der Waals surface area contributed by atoms with Crippen molar-refractivity contribution in [2.45, 2.75) is 85.0 Å². The van der Waals surface area contributed by atoms with E-state index in [2.05, 4.69) is 55.1 Å². The number of aliphatic imine (C=N–C) groups is 1. The maximum atomic E-state index is 14.4. The summed E-state index contributed by atoms with van der Waals surface area (Å²) < 4.78 is 21.1. The number of aromatic nitrogens is 2. The molecule has 6 rings (SSSR count). The van der Waals surface area contributed by atoms with Gasteiger partial charge in [-0.05, 0) is 86.1 Å². The molecule has 2 saturated carbocycles. The Labute approximate surface area is 253 Å². The molecule has 2 N–H and O–H groups in total. The highest BCUT2D eigenvalue weighted by Crippen LogP contribution is 2.63. The van der Waals surface area contributed by atoms with E-state index < -0.39 is 0 Å². The van der Waals surface area contributed by atoms with Crippen LogP contribution in [0.3, 0.4) is 0 Å². The predicted octanol–water partition coefficient (Wildman–Crippen LogP) is 5.45. The minimum absolute atomic E-state index is 0.138. The summed E-state index contributed by atoms with van der Waals surface area (Å²) in [5.74, 6) is 1.74. The van der Waals surface area contributed by atoms with Crippen molar-refractivity contribution in [2.75, 3.05) is 25.5 Å². The van der Waals surface area contributed by atoms with Gasteiger partial charge in [0, 0.05) is 43.5 Å². The largest absolute Gasteiger partial charge is 0.497 e. The van der Waals surface area contributed by atoms with E-state index >= 15 is 0 Å². The SMILES string of the molecule is COc1ccc(CCn2cnc3cc(NC(=NC4C(C)(C)[C@@H]5CC[C@@]4(C)C5)N4C[C@@H](C)N[C@@H](C)C4)ccc3c2=O)c(F)c1. The predicted molar refractivity (Wildman–Crippen MR) is 170 cm³/mol. The molecular formula is C34H45FN6O2. The lowest BCUT2D eigenvalue weighted by atomic mass is 9.69. The Hall–Kier alpha value is -3.46. The molecule has 8 nitrogen and oxygen atoms in total. The van der Waals surface area contributed by atoms with Crippen LogP contribution < -0.4 is 20.9 Å². The lowest BCUT2D eigenvalue weighted by Crippen LogP contribution is -2.57. The minimum Gasteiger partial charge on any atom is -0.497 e. The average Bonchev–Trinajstić information content (AvgIpc) is 3.45. The molecule has 3 fully saturated rings. The van der Waals surface area contributed by atoms with Crippen LogP contribution >= 0.6 is 0 Å². The number of methoxy groups -OCH3 is 1. The van der Waals surface area contributed by atoms with Crippen LogP contribution in [0.5, 0.6) is 5.75 Å². The Bertz CT molecular complexity index is 1590. The molecule has 0 amide bonds. The Kier molecular flexibility index (Phi) is 7.73. The van der Waals surface area contributed by atoms with Crippen molar-refractivity contribution in [2.24, 2.45) is 21.7 Å². The average molecular weight is 589 g/mol. The summed E-state index contributed by atoms with van der Waals surface area (Å²) in [6, 6.07) is 11.4. The van der Waals surface area contributed by atoms with Crippen LogP contribution in [-0.2, 0) is 13.0 Å². The van der Waals surface area contributed by atoms with Crippen LogP contribution in [0.4, 0.5) is 10.1 Å². The van der Waals surface area contributed by atoms with E-state index in [1.54, 1.807) is 23.0 Å². The van der Waals surface area contributed by atoms with Crippen molar-refractivity contribution in [3.8, 4) is 5.75 Å². The minimum atomic E-state index is -0.342. The van der Waals surface area contributed by atoms with Gasteiger partial charge in [0.15, 0.2) is 5.96 Å². The summed E-state index contributed by atoms with van der Waals surface area (Å²) in [6.45, 7) is 13.7. The van der Waals surface area contributed by atoms with E-state index in [-0.39, 0.29) is 28.2 Å². The van der Waals surface area contributed by atoms with Gasteiger partial charge < -0.3 is 20.3 Å². The van der Waals surface area contributed by atoms with Gasteiger partial charge in [0.05, 0.1) is 30.4 Å². The van der Waals surface area contributed by atoms with Crippen LogP contribution in [-0.4, -0.2) is 58.7 Å². The van der Waals surface area contributed by atoms with Gasteiger partial charge in [-0.15, -0.1) is 0 Å². The number of hydrogen-bond acceptors (Lipinski definition) is 5. The quantitative estimate of drug-likeness (QED) is 0.294. The summed E-state index contributed by atoms with van der Waals surface area (Å²) in [6.07, 6.45) is 5.70. The molecule has 9 heteroatoms. The second kappa shape index (κ2) is 11.2. The monoisotopic (exact) mass is 588 g/mol. The molecule has 43 heavy (non-hydrogen) atoms. The zero-order chi connectivity index (χ0) is 30.5. The van der Waals surface area contributed by atoms with Crippen LogP contribution in [0.2, 0.25) is 0 Å². The molecule has 1 unspecified atom stereocenters. The zero-order valence-electron chi connectivity index (χ0n) is 26.3. The summed E-state index contributed by atoms with van der Waals surface area (Å²) in [5, 5.41) is 7.84. The van der Waals surface area contributed by atoms with E-state index in [4.69, 9.17) is 9.73 Å². The summed E-state index contributed by atoms with van der Waals surface area (Å²) in [7, 11) is 1.51. The molecule has 230 valence electrons. The number of aryl methyl sites for hydroxylation is 2. The first-order chi connectivity index (χ1) is 20.5. The number of ether oxygens (including phenoxy) is 1. The number of halogens is 1. The van der Waals surface area contributed by atoms with Crippen molar-refractivity contribution in [3.63, 3.8) is 0 Å². The topological polar surface area (TPSA) is 83.8 Å². The van der Waals surface area contributed by atoms with Crippen molar-refractivity contribution in [1.29, 1.82) is 0 Å². The highest BCUT2D eigenvalue weighted by atomic mass is 19.1. The lowest BCUT2D eigenvalue weighted by molar-refractivity contribution is 0.140. The number of guanidine groups is 1. The van der Waals surface area contributed by atoms with E-state index in [1.165, 1.54) is 32.4 Å². The molecule has 2 heterocycles. The smallest absolute Gasteiger partial charge is 0.261 e. The first-order valence-electron chi connectivity index (χ1n) is 15.6. The van der Waals surface area contributed by atoms with Crippen molar-refractivity contribution >= 4 is 22.5 Å². The van der Waals surface area contributed by atoms with Gasteiger partial charge in [0.2, 0.25) is 0 Å². The molecule has 2 bridgehead atoms. The highest BCUT2D eigenvalue weighted by molar-refractivity contribution is 5.96. The van der Waals surface area contributed by atoms with Gasteiger partial charge in [-0.2, -0.15) is 0 Å². The number of rotatable bonds is 6. The van der Waals surface area contributed by atoms with Crippen molar-refractivity contribution < 1.29 is 9.13 Å². The fourth-order valence-electron chi connectivity index (χ4n) is 8.04. The standard InChI is InChI=1S/C34H45FN6O2/c1-21-18-41(19-22(2)37-21)32(39-31-33(3,4)24-11-13-34(31,5)17-24)38-25-8-10-27-29(15-25)36-20-40(30(27)42)14-12-23-7-9-26(43-6)16-28(23)35/h7-10,15-16,20-22,24,31,37H,11-14,17-19H2,1-6H3,(H,38,39)/t21-,22+,24-,31?,34+/m1/s1. The third-order valence-electron chi connectivity index (χ3n) is 10.3. The molecule has 1 aromatic heterocycles. The number of benzene rings is 2. The molecule has 3 aliphatic rings. The Morgan fingerprint density at radius 2 is 1.93 bits per heavy atom. The van der Waals surface area contributed by atoms with Crippen molar-refractivity contribution in [1.82, 2.24) is 19.8 Å². The number of fused-ring (bicyclic) bond motifs is 3. The van der Waals surface area contributed by atoms with Gasteiger partial charge in [-0.1, -0.05) is 26.8 Å². The number of nitrogens with zero attached hydrogens (tertiary/aromatic N) is 4. The van der Waals surface area contributed by atoms with E-state index in [0.717, 1.165) is 24.7 Å². The lowest BCUT2D eigenvalue weighted by Gasteiger charge is -2.43. The normalized spacial score (nSPS) is 28.4. The summed E-state index contributed by atoms with van der Waals surface area (Å²) >= 11 is 0. The Morgan fingerprint density at radius 3 is 2.60 bits per heavy atom. The van der Waals surface area contributed by atoms with Gasteiger partial charge >= 0.3 is 0 Å². The summed E-state index contributed by atoms with van der Waals surface area (Å²) in [4.78, 5) is 25.9. The third-order valence-corrected chi connectivity index (χ3v) is 10.3. The second-order valence-corrected chi connectivity index (χ2v) is 14.0. The highest BCUT2D eigenvalue weighted by Gasteiger charge is 2.59. The number of piperazine rings is 1. The van der Waals surface area contributed by atoms with Gasteiger partial charge in [-0.25, -0.2) is 14.4 Å². The fraction of sp³-hybridized carbons (Fsp3) is 0.559. The molecule has 1 aliphatic heterocycles. The first kappa shape index (κ1) is 29.6. The zero-order valence-corrected chi connectivity index (χ0v) is 26.3. The van der Waals surface area contributed by atoms with E-state index in [0.29, 0.717) is 53.2 Å². The van der Waals surface area contributed by atoms with E-state index in [1.807, 2.05) is 18.2 Å². The molecule has 2 aliphatic carbocycles. The Balaban J connectivity index is 1.27. The maximum Gasteiger partial charge on any atom is 0.261 e. The van der Waals surface area contributed by atoms with Gasteiger partial charge in [-0.3, -0.25) is 9.36 Å². The number of anilines is 1. The molecule has 2 aromatic carbocycles. The van der Waals surface area contributed by atoms with Crippen LogP contribution in [0.15, 0.2) is 52.5 Å².